The van der Waals surface area contributed by atoms with E-state index >= 15 is 0 Å². The molecule has 1 aliphatic heterocycles. The predicted molar refractivity (Wildman–Crippen MR) is 160 cm³/mol. The van der Waals surface area contributed by atoms with E-state index in [9.17, 15) is 24.0 Å². The highest BCUT2D eigenvalue weighted by molar-refractivity contribution is 6.03. The van der Waals surface area contributed by atoms with E-state index in [0.29, 0.717) is 42.8 Å². The first-order valence-corrected chi connectivity index (χ1v) is 15.0. The van der Waals surface area contributed by atoms with E-state index in [4.69, 9.17) is 9.47 Å². The molecule has 1 amide bonds. The second-order valence-electron chi connectivity index (χ2n) is 11.8. The van der Waals surface area contributed by atoms with Crippen molar-refractivity contribution in [1.82, 2.24) is 9.88 Å². The van der Waals surface area contributed by atoms with Crippen molar-refractivity contribution in [3.63, 3.8) is 0 Å². The summed E-state index contributed by atoms with van der Waals surface area (Å²) in [6.45, 7) is 1.82. The quantitative estimate of drug-likeness (QED) is 0.243. The van der Waals surface area contributed by atoms with Crippen LogP contribution in [0.5, 0.6) is 5.75 Å². The summed E-state index contributed by atoms with van der Waals surface area (Å²) in [6.07, 6.45) is 3.53. The molecule has 4 atom stereocenters. The number of fused-ring (bicyclic) bond motifs is 1. The van der Waals surface area contributed by atoms with E-state index < -0.39 is 30.3 Å². The fourth-order valence-corrected chi connectivity index (χ4v) is 6.46. The molecule has 2 fully saturated rings. The Hall–Kier alpha value is -4.27. The molecule has 1 unspecified atom stereocenters. The van der Waals surface area contributed by atoms with Crippen LogP contribution >= 0.6 is 0 Å². The molecule has 9 nitrogen and oxygen atoms in total. The number of carbonyl (C=O) groups is 5. The van der Waals surface area contributed by atoms with Crippen LogP contribution in [0.25, 0.3) is 10.9 Å². The molecule has 0 bridgehead atoms. The molecule has 1 aliphatic carbocycles. The van der Waals surface area contributed by atoms with Crippen LogP contribution in [0.1, 0.15) is 72.7 Å². The van der Waals surface area contributed by atoms with Gasteiger partial charge in [0, 0.05) is 42.1 Å². The molecule has 2 heterocycles. The largest absolute Gasteiger partial charge is 0.496 e. The summed E-state index contributed by atoms with van der Waals surface area (Å²) in [5, 5.41) is 0.783. The lowest BCUT2D eigenvalue weighted by Gasteiger charge is -2.41. The minimum Gasteiger partial charge on any atom is -0.496 e. The van der Waals surface area contributed by atoms with Crippen LogP contribution in [0, 0.1) is 17.8 Å². The third-order valence-electron chi connectivity index (χ3n) is 8.70. The molecular formula is C34H38N2O7. The number of piperidine rings is 1. The fraction of sp³-hybridized carbons (Fsp3) is 0.441. The molecule has 2 aliphatic rings. The highest BCUT2D eigenvalue weighted by atomic mass is 16.5. The van der Waals surface area contributed by atoms with E-state index in [2.05, 4.69) is 4.98 Å². The first-order valence-electron chi connectivity index (χ1n) is 15.0. The van der Waals surface area contributed by atoms with Gasteiger partial charge in [0.1, 0.15) is 11.5 Å². The number of benzene rings is 2. The van der Waals surface area contributed by atoms with Crippen molar-refractivity contribution in [3.8, 4) is 5.75 Å². The van der Waals surface area contributed by atoms with Gasteiger partial charge in [0.25, 0.3) is 0 Å². The van der Waals surface area contributed by atoms with Crippen molar-refractivity contribution >= 4 is 40.1 Å². The third kappa shape index (κ3) is 6.87. The maximum Gasteiger partial charge on any atom is 0.338 e. The Morgan fingerprint density at radius 1 is 1.02 bits per heavy atom. The average molecular weight is 587 g/mol. The summed E-state index contributed by atoms with van der Waals surface area (Å²) in [5.41, 5.74) is 1.48. The number of hydrogen-bond acceptors (Lipinski definition) is 7. The summed E-state index contributed by atoms with van der Waals surface area (Å²) in [7, 11) is 1.57. The number of amides is 1. The number of aromatic nitrogens is 1. The number of methoxy groups -OCH3 is 1. The normalized spacial score (nSPS) is 21.4. The summed E-state index contributed by atoms with van der Waals surface area (Å²) in [4.78, 5) is 71.0. The number of hydrogen-bond donors (Lipinski definition) is 1. The molecule has 5 rings (SSSR count). The molecule has 9 heteroatoms. The van der Waals surface area contributed by atoms with E-state index in [1.165, 1.54) is 0 Å². The monoisotopic (exact) mass is 586 g/mol. The molecule has 0 spiro atoms. The van der Waals surface area contributed by atoms with E-state index in [0.717, 1.165) is 23.7 Å². The van der Waals surface area contributed by atoms with Crippen molar-refractivity contribution in [2.75, 3.05) is 20.3 Å². The molecule has 1 N–H and O–H groups in total. The second kappa shape index (κ2) is 13.4. The zero-order chi connectivity index (χ0) is 30.5. The van der Waals surface area contributed by atoms with Crippen molar-refractivity contribution in [2.24, 2.45) is 17.8 Å². The average Bonchev–Trinajstić information content (AvgIpc) is 3.46. The maximum absolute atomic E-state index is 13.9. The van der Waals surface area contributed by atoms with Crippen LogP contribution < -0.4 is 4.74 Å². The van der Waals surface area contributed by atoms with Crippen LogP contribution in [0.4, 0.5) is 0 Å². The van der Waals surface area contributed by atoms with Crippen molar-refractivity contribution < 1.29 is 33.4 Å². The SMILES string of the molecule is COc1cccc2[nH]c(C(=O)C[C@H]3CC(C)CN([C@@H](C[C@@H]4CCCCC4=O)C(=O)COC(=O)c4ccccc4)C3=O)cc12. The van der Waals surface area contributed by atoms with Gasteiger partial charge in [0.15, 0.2) is 18.2 Å². The third-order valence-corrected chi connectivity index (χ3v) is 8.70. The number of aromatic amines is 1. The predicted octanol–water partition coefficient (Wildman–Crippen LogP) is 5.18. The molecule has 43 heavy (non-hydrogen) atoms. The Morgan fingerprint density at radius 3 is 2.56 bits per heavy atom. The number of H-pyrrole nitrogens is 1. The van der Waals surface area contributed by atoms with Gasteiger partial charge in [0.05, 0.1) is 24.4 Å². The number of carbonyl (C=O) groups excluding carboxylic acids is 5. The molecule has 226 valence electrons. The minimum atomic E-state index is -0.916. The van der Waals surface area contributed by atoms with Crippen molar-refractivity contribution in [2.45, 2.75) is 57.9 Å². The number of nitrogens with one attached hydrogen (secondary N) is 1. The van der Waals surface area contributed by atoms with Gasteiger partial charge < -0.3 is 19.4 Å². The number of likely N-dealkylation sites (tertiary alicyclic amines) is 1. The summed E-state index contributed by atoms with van der Waals surface area (Å²) in [5.74, 6) is -1.70. The molecule has 3 aromatic rings. The lowest BCUT2D eigenvalue weighted by molar-refractivity contribution is -0.149. The number of rotatable bonds is 11. The fourth-order valence-electron chi connectivity index (χ4n) is 6.46. The maximum atomic E-state index is 13.9. The number of Topliss-reactive ketones (excluding diaryl/α,β-unsaturated/α-hetero) is 3. The first kappa shape index (κ1) is 30.2. The molecule has 1 saturated heterocycles. The summed E-state index contributed by atoms with van der Waals surface area (Å²) >= 11 is 0. The lowest BCUT2D eigenvalue weighted by Crippen LogP contribution is -2.54. The molecule has 1 aromatic heterocycles. The highest BCUT2D eigenvalue weighted by Crippen LogP contribution is 2.33. The molecule has 0 radical (unpaired) electrons. The van der Waals surface area contributed by atoms with Crippen LogP contribution in [0.3, 0.4) is 0 Å². The second-order valence-corrected chi connectivity index (χ2v) is 11.8. The van der Waals surface area contributed by atoms with Gasteiger partial charge in [-0.25, -0.2) is 4.79 Å². The zero-order valence-electron chi connectivity index (χ0n) is 24.7. The Balaban J connectivity index is 1.34. The smallest absolute Gasteiger partial charge is 0.338 e. The van der Waals surface area contributed by atoms with Crippen LogP contribution in [0.2, 0.25) is 0 Å². The van der Waals surface area contributed by atoms with Gasteiger partial charge in [-0.05, 0) is 61.9 Å². The first-order chi connectivity index (χ1) is 20.7. The van der Waals surface area contributed by atoms with E-state index in [1.807, 2.05) is 25.1 Å². The Bertz CT molecular complexity index is 1510. The van der Waals surface area contributed by atoms with Gasteiger partial charge >= 0.3 is 5.97 Å². The number of esters is 1. The Labute approximate surface area is 250 Å². The van der Waals surface area contributed by atoms with Crippen LogP contribution in [0.15, 0.2) is 54.6 Å². The Kier molecular flexibility index (Phi) is 9.38. The van der Waals surface area contributed by atoms with Crippen LogP contribution in [-0.4, -0.2) is 65.4 Å². The van der Waals surface area contributed by atoms with Crippen molar-refractivity contribution in [1.29, 1.82) is 0 Å². The molecule has 2 aromatic carbocycles. The van der Waals surface area contributed by atoms with E-state index in [-0.39, 0.29) is 42.2 Å². The summed E-state index contributed by atoms with van der Waals surface area (Å²) in [6, 6.07) is 14.7. The van der Waals surface area contributed by atoms with Gasteiger partial charge in [-0.1, -0.05) is 37.6 Å². The lowest BCUT2D eigenvalue weighted by atomic mass is 9.80. The van der Waals surface area contributed by atoms with Gasteiger partial charge in [-0.2, -0.15) is 0 Å². The van der Waals surface area contributed by atoms with E-state index in [1.54, 1.807) is 48.4 Å². The minimum absolute atomic E-state index is 0.0128. The highest BCUT2D eigenvalue weighted by Gasteiger charge is 2.41. The van der Waals surface area contributed by atoms with Crippen molar-refractivity contribution in [3.05, 3.63) is 65.9 Å². The molecular weight excluding hydrogens is 548 g/mol. The van der Waals surface area contributed by atoms with Gasteiger partial charge in [0.2, 0.25) is 5.91 Å². The summed E-state index contributed by atoms with van der Waals surface area (Å²) < 4.78 is 10.8. The van der Waals surface area contributed by atoms with Crippen LogP contribution in [-0.2, 0) is 19.1 Å². The van der Waals surface area contributed by atoms with Gasteiger partial charge in [-0.3, -0.25) is 19.2 Å². The number of ether oxygens (including phenoxy) is 2. The number of ketones is 3. The van der Waals surface area contributed by atoms with Gasteiger partial charge in [-0.15, -0.1) is 0 Å². The molecule has 1 saturated carbocycles. The topological polar surface area (TPSA) is 123 Å². The Morgan fingerprint density at radius 2 is 1.81 bits per heavy atom. The zero-order valence-corrected chi connectivity index (χ0v) is 24.7. The number of nitrogens with zero attached hydrogens (tertiary/aromatic N) is 1. The standard InChI is InChI=1S/C34H38N2O7/c1-21-15-24(17-30(38)27-18-25-26(35-27)12-8-14-32(25)42-2)33(40)36(19-21)28(16-23-11-6-7-13-29(23)37)31(39)20-43-34(41)22-9-4-3-5-10-22/h3-5,8-10,12,14,18,21,23-24,28,35H,6-7,11,13,15-17,19-20H2,1-2H3/t21?,23-,24+,28-/m0/s1.